The molecule has 0 atom stereocenters. The number of halogens is 2. The number of nitrogens with two attached hydrogens (primary N) is 1. The van der Waals surface area contributed by atoms with E-state index < -0.39 is 5.82 Å². The van der Waals surface area contributed by atoms with E-state index in [1.54, 1.807) is 6.07 Å². The highest BCUT2D eigenvalue weighted by atomic mass is 79.9. The average molecular weight is 337 g/mol. The van der Waals surface area contributed by atoms with Crippen LogP contribution < -0.4 is 11.1 Å². The second kappa shape index (κ2) is 6.63. The predicted molar refractivity (Wildman–Crippen MR) is 80.8 cm³/mol. The van der Waals surface area contributed by atoms with Crippen LogP contribution in [0.1, 0.15) is 11.1 Å². The zero-order valence-electron chi connectivity index (χ0n) is 10.7. The molecule has 1 amide bonds. The number of carbonyl (C=O) groups excluding carboxylic acids is 1. The van der Waals surface area contributed by atoms with Gasteiger partial charge in [-0.1, -0.05) is 40.2 Å². The lowest BCUT2D eigenvalue weighted by Gasteiger charge is -2.09. The van der Waals surface area contributed by atoms with Gasteiger partial charge in [0.1, 0.15) is 5.82 Å². The summed E-state index contributed by atoms with van der Waals surface area (Å²) in [5.74, 6) is -0.739. The smallest absolute Gasteiger partial charge is 0.228 e. The van der Waals surface area contributed by atoms with Crippen molar-refractivity contribution in [3.8, 4) is 0 Å². The van der Waals surface area contributed by atoms with Crippen LogP contribution in [-0.4, -0.2) is 5.91 Å². The van der Waals surface area contributed by atoms with Crippen LogP contribution >= 0.6 is 15.9 Å². The summed E-state index contributed by atoms with van der Waals surface area (Å²) in [7, 11) is 0. The molecule has 3 N–H and O–H groups in total. The molecule has 2 aromatic rings. The molecular weight excluding hydrogens is 323 g/mol. The van der Waals surface area contributed by atoms with Crippen molar-refractivity contribution in [2.24, 2.45) is 5.73 Å². The summed E-state index contributed by atoms with van der Waals surface area (Å²) in [6.07, 6.45) is 0.166. The standard InChI is InChI=1S/C15H14BrFN2O/c16-12-5-6-13(17)14(8-12)19-15(20)7-10-3-1-2-4-11(10)9-18/h1-6,8H,7,9,18H2,(H,19,20). The molecule has 0 spiro atoms. The summed E-state index contributed by atoms with van der Waals surface area (Å²) in [5, 5.41) is 2.57. The molecule has 0 aliphatic carbocycles. The van der Waals surface area contributed by atoms with Gasteiger partial charge < -0.3 is 11.1 Å². The van der Waals surface area contributed by atoms with Gasteiger partial charge in [0.05, 0.1) is 12.1 Å². The molecule has 3 nitrogen and oxygen atoms in total. The fourth-order valence-corrected chi connectivity index (χ4v) is 2.25. The van der Waals surface area contributed by atoms with Crippen LogP contribution in [-0.2, 0) is 17.8 Å². The van der Waals surface area contributed by atoms with Gasteiger partial charge in [-0.15, -0.1) is 0 Å². The van der Waals surface area contributed by atoms with Crippen molar-refractivity contribution < 1.29 is 9.18 Å². The molecule has 0 aliphatic rings. The number of rotatable bonds is 4. The number of carbonyl (C=O) groups is 1. The highest BCUT2D eigenvalue weighted by Crippen LogP contribution is 2.20. The molecule has 0 fully saturated rings. The Morgan fingerprint density at radius 3 is 2.60 bits per heavy atom. The van der Waals surface area contributed by atoms with E-state index in [1.165, 1.54) is 12.1 Å². The molecule has 0 saturated heterocycles. The van der Waals surface area contributed by atoms with Crippen LogP contribution in [0.4, 0.5) is 10.1 Å². The van der Waals surface area contributed by atoms with Gasteiger partial charge in [0.15, 0.2) is 0 Å². The van der Waals surface area contributed by atoms with Crippen LogP contribution in [0.3, 0.4) is 0 Å². The second-order valence-corrected chi connectivity index (χ2v) is 5.24. The molecule has 2 rings (SSSR count). The lowest BCUT2D eigenvalue weighted by molar-refractivity contribution is -0.115. The molecule has 0 heterocycles. The van der Waals surface area contributed by atoms with Crippen LogP contribution in [0.2, 0.25) is 0 Å². The number of anilines is 1. The maximum absolute atomic E-state index is 13.6. The monoisotopic (exact) mass is 336 g/mol. The zero-order chi connectivity index (χ0) is 14.5. The molecule has 0 aliphatic heterocycles. The molecule has 20 heavy (non-hydrogen) atoms. The fourth-order valence-electron chi connectivity index (χ4n) is 1.89. The van der Waals surface area contributed by atoms with E-state index in [-0.39, 0.29) is 18.0 Å². The third-order valence-electron chi connectivity index (χ3n) is 2.89. The molecule has 0 aromatic heterocycles. The molecule has 0 radical (unpaired) electrons. The minimum absolute atomic E-state index is 0.162. The van der Waals surface area contributed by atoms with Gasteiger partial charge >= 0.3 is 0 Å². The van der Waals surface area contributed by atoms with E-state index in [0.717, 1.165) is 11.1 Å². The van der Waals surface area contributed by atoms with E-state index in [2.05, 4.69) is 21.2 Å². The van der Waals surface area contributed by atoms with E-state index >= 15 is 0 Å². The highest BCUT2D eigenvalue weighted by Gasteiger charge is 2.10. The minimum atomic E-state index is -0.464. The van der Waals surface area contributed by atoms with Crippen LogP contribution in [0.25, 0.3) is 0 Å². The Kier molecular flexibility index (Phi) is 4.87. The summed E-state index contributed by atoms with van der Waals surface area (Å²) in [4.78, 5) is 12.0. The molecule has 0 bridgehead atoms. The third-order valence-corrected chi connectivity index (χ3v) is 3.39. The van der Waals surface area contributed by atoms with Gasteiger partial charge in [-0.3, -0.25) is 4.79 Å². The molecule has 104 valence electrons. The Morgan fingerprint density at radius 1 is 1.20 bits per heavy atom. The quantitative estimate of drug-likeness (QED) is 0.900. The van der Waals surface area contributed by atoms with Crippen molar-refractivity contribution in [3.63, 3.8) is 0 Å². The molecule has 5 heteroatoms. The largest absolute Gasteiger partial charge is 0.326 e. The van der Waals surface area contributed by atoms with Crippen LogP contribution in [0.15, 0.2) is 46.9 Å². The van der Waals surface area contributed by atoms with Crippen molar-refractivity contribution in [3.05, 3.63) is 63.9 Å². The first-order valence-corrected chi connectivity index (χ1v) is 6.91. The SMILES string of the molecule is NCc1ccccc1CC(=O)Nc1cc(Br)ccc1F. The molecule has 2 aromatic carbocycles. The van der Waals surface area contributed by atoms with Gasteiger partial charge in [0.2, 0.25) is 5.91 Å². The van der Waals surface area contributed by atoms with E-state index in [0.29, 0.717) is 11.0 Å². The summed E-state index contributed by atoms with van der Waals surface area (Å²) in [5.41, 5.74) is 7.55. The fraction of sp³-hybridized carbons (Fsp3) is 0.133. The van der Waals surface area contributed by atoms with E-state index in [1.807, 2.05) is 24.3 Å². The normalized spacial score (nSPS) is 10.3. The first-order valence-electron chi connectivity index (χ1n) is 6.12. The Bertz CT molecular complexity index is 631. The number of hydrogen-bond acceptors (Lipinski definition) is 2. The maximum Gasteiger partial charge on any atom is 0.228 e. The Hall–Kier alpha value is -1.72. The van der Waals surface area contributed by atoms with Gasteiger partial charge in [0, 0.05) is 11.0 Å². The van der Waals surface area contributed by atoms with E-state index in [9.17, 15) is 9.18 Å². The van der Waals surface area contributed by atoms with Crippen molar-refractivity contribution >= 4 is 27.5 Å². The Labute approximate surface area is 125 Å². The van der Waals surface area contributed by atoms with Gasteiger partial charge in [-0.05, 0) is 29.3 Å². The van der Waals surface area contributed by atoms with Crippen LogP contribution in [0.5, 0.6) is 0 Å². The topological polar surface area (TPSA) is 55.1 Å². The number of amides is 1. The number of nitrogens with one attached hydrogen (secondary N) is 1. The number of hydrogen-bond donors (Lipinski definition) is 2. The number of benzene rings is 2. The Balaban J connectivity index is 2.11. The predicted octanol–water partition coefficient (Wildman–Crippen LogP) is 3.23. The van der Waals surface area contributed by atoms with Gasteiger partial charge in [-0.25, -0.2) is 4.39 Å². The lowest BCUT2D eigenvalue weighted by Crippen LogP contribution is -2.17. The molecular formula is C15H14BrFN2O. The summed E-state index contributed by atoms with van der Waals surface area (Å²) in [6, 6.07) is 11.9. The summed E-state index contributed by atoms with van der Waals surface area (Å²) in [6.45, 7) is 0.370. The Morgan fingerprint density at radius 2 is 1.90 bits per heavy atom. The third kappa shape index (κ3) is 3.65. The van der Waals surface area contributed by atoms with Crippen molar-refractivity contribution in [2.45, 2.75) is 13.0 Å². The van der Waals surface area contributed by atoms with Crippen LogP contribution in [0, 0.1) is 5.82 Å². The van der Waals surface area contributed by atoms with Crippen molar-refractivity contribution in [1.29, 1.82) is 0 Å². The van der Waals surface area contributed by atoms with E-state index in [4.69, 9.17) is 5.73 Å². The first kappa shape index (κ1) is 14.7. The highest BCUT2D eigenvalue weighted by molar-refractivity contribution is 9.10. The zero-order valence-corrected chi connectivity index (χ0v) is 12.3. The van der Waals surface area contributed by atoms with Crippen molar-refractivity contribution in [1.82, 2.24) is 0 Å². The molecule has 0 saturated carbocycles. The average Bonchev–Trinajstić information content (AvgIpc) is 2.43. The summed E-state index contributed by atoms with van der Waals surface area (Å²) < 4.78 is 14.3. The molecule has 0 unspecified atom stereocenters. The lowest BCUT2D eigenvalue weighted by atomic mass is 10.0. The van der Waals surface area contributed by atoms with Crippen molar-refractivity contribution in [2.75, 3.05) is 5.32 Å². The van der Waals surface area contributed by atoms with Gasteiger partial charge in [-0.2, -0.15) is 0 Å². The maximum atomic E-state index is 13.6. The second-order valence-electron chi connectivity index (χ2n) is 4.32. The minimum Gasteiger partial charge on any atom is -0.326 e. The van der Waals surface area contributed by atoms with Gasteiger partial charge in [0.25, 0.3) is 0 Å². The first-order chi connectivity index (χ1) is 9.60. The summed E-state index contributed by atoms with van der Waals surface area (Å²) >= 11 is 3.24.